The number of pyridine rings is 1. The van der Waals surface area contributed by atoms with Gasteiger partial charge in [0, 0.05) is 12.7 Å². The molecule has 0 radical (unpaired) electrons. The second-order valence-electron chi connectivity index (χ2n) is 6.11. The summed E-state index contributed by atoms with van der Waals surface area (Å²) in [5, 5.41) is 9.62. The highest BCUT2D eigenvalue weighted by Crippen LogP contribution is 2.25. The molecule has 0 aliphatic carbocycles. The fourth-order valence-electron chi connectivity index (χ4n) is 2.24. The van der Waals surface area contributed by atoms with Gasteiger partial charge in [0.25, 0.3) is 5.88 Å². The molecule has 6 heteroatoms. The zero-order chi connectivity index (χ0) is 15.5. The molecular weight excluding hydrogens is 272 g/mol. The van der Waals surface area contributed by atoms with Crippen LogP contribution in [0.15, 0.2) is 18.3 Å². The van der Waals surface area contributed by atoms with Crippen LogP contribution < -0.4 is 4.74 Å². The van der Waals surface area contributed by atoms with Crippen molar-refractivity contribution in [2.45, 2.75) is 45.3 Å². The molecule has 2 heterocycles. The smallest absolute Gasteiger partial charge is 0.410 e. The molecule has 1 N–H and O–H groups in total. The molecule has 1 aromatic rings. The molecule has 0 bridgehead atoms. The number of rotatable bonds is 3. The minimum absolute atomic E-state index is 0.000634. The summed E-state index contributed by atoms with van der Waals surface area (Å²) in [5.41, 5.74) is -0.510. The maximum atomic E-state index is 12.1. The number of ether oxygens (including phenoxy) is 2. The molecule has 1 aliphatic rings. The van der Waals surface area contributed by atoms with Crippen molar-refractivity contribution < 1.29 is 19.4 Å². The van der Waals surface area contributed by atoms with Crippen LogP contribution in [0.4, 0.5) is 4.79 Å². The summed E-state index contributed by atoms with van der Waals surface area (Å²) < 4.78 is 10.9. The van der Waals surface area contributed by atoms with Gasteiger partial charge in [-0.25, -0.2) is 9.78 Å². The molecule has 6 nitrogen and oxygen atoms in total. The summed E-state index contributed by atoms with van der Waals surface area (Å²) in [6, 6.07) is 3.09. The van der Waals surface area contributed by atoms with Gasteiger partial charge in [-0.15, -0.1) is 0 Å². The van der Waals surface area contributed by atoms with Gasteiger partial charge >= 0.3 is 6.09 Å². The Bertz CT molecular complexity index is 499. The van der Waals surface area contributed by atoms with E-state index in [2.05, 4.69) is 4.98 Å². The largest absolute Gasteiger partial charge is 0.503 e. The van der Waals surface area contributed by atoms with Crippen molar-refractivity contribution in [1.82, 2.24) is 9.88 Å². The van der Waals surface area contributed by atoms with Gasteiger partial charge in [0.05, 0.1) is 6.04 Å². The third-order valence-electron chi connectivity index (χ3n) is 3.17. The highest BCUT2D eigenvalue weighted by atomic mass is 16.6. The fourth-order valence-corrected chi connectivity index (χ4v) is 2.24. The van der Waals surface area contributed by atoms with Gasteiger partial charge < -0.3 is 19.5 Å². The Kier molecular flexibility index (Phi) is 4.55. The lowest BCUT2D eigenvalue weighted by Gasteiger charge is -2.28. The Morgan fingerprint density at radius 3 is 2.95 bits per heavy atom. The Morgan fingerprint density at radius 2 is 2.29 bits per heavy atom. The van der Waals surface area contributed by atoms with Crippen LogP contribution >= 0.6 is 0 Å². The van der Waals surface area contributed by atoms with E-state index in [0.29, 0.717) is 13.2 Å². The molecule has 0 spiro atoms. The predicted molar refractivity (Wildman–Crippen MR) is 77.4 cm³/mol. The molecule has 0 unspecified atom stereocenters. The SMILES string of the molecule is CC(C)(C)OC(=O)N1CCC[C@H]1COc1ncccc1O. The van der Waals surface area contributed by atoms with E-state index in [1.165, 1.54) is 6.07 Å². The standard InChI is InChI=1S/C15H22N2O4/c1-15(2,3)21-14(19)17-9-5-6-11(17)10-20-13-12(18)7-4-8-16-13/h4,7-8,11,18H,5-6,9-10H2,1-3H3/t11-/m0/s1. The number of nitrogens with zero attached hydrogens (tertiary/aromatic N) is 2. The highest BCUT2D eigenvalue weighted by molar-refractivity contribution is 5.69. The van der Waals surface area contributed by atoms with Crippen LogP contribution in [0.1, 0.15) is 33.6 Å². The van der Waals surface area contributed by atoms with Crippen LogP contribution in [0.3, 0.4) is 0 Å². The number of aromatic hydroxyl groups is 1. The van der Waals surface area contributed by atoms with Crippen molar-refractivity contribution in [3.05, 3.63) is 18.3 Å². The molecular formula is C15H22N2O4. The molecule has 1 atom stereocenters. The maximum absolute atomic E-state index is 12.1. The van der Waals surface area contributed by atoms with Crippen molar-refractivity contribution in [2.75, 3.05) is 13.2 Å². The average Bonchev–Trinajstić information content (AvgIpc) is 2.84. The van der Waals surface area contributed by atoms with E-state index in [9.17, 15) is 9.90 Å². The van der Waals surface area contributed by atoms with Gasteiger partial charge in [-0.3, -0.25) is 0 Å². The fraction of sp³-hybridized carbons (Fsp3) is 0.600. The van der Waals surface area contributed by atoms with E-state index in [0.717, 1.165) is 12.8 Å². The summed E-state index contributed by atoms with van der Waals surface area (Å²) in [5.74, 6) is 0.188. The van der Waals surface area contributed by atoms with Gasteiger partial charge in [0.2, 0.25) is 0 Å². The number of aromatic nitrogens is 1. The Labute approximate surface area is 124 Å². The van der Waals surface area contributed by atoms with E-state index in [-0.39, 0.29) is 23.8 Å². The van der Waals surface area contributed by atoms with E-state index in [4.69, 9.17) is 9.47 Å². The minimum atomic E-state index is -0.510. The lowest BCUT2D eigenvalue weighted by molar-refractivity contribution is 0.0185. The number of hydrogen-bond acceptors (Lipinski definition) is 5. The van der Waals surface area contributed by atoms with E-state index < -0.39 is 5.60 Å². The first kappa shape index (κ1) is 15.4. The molecule has 116 valence electrons. The minimum Gasteiger partial charge on any atom is -0.503 e. The van der Waals surface area contributed by atoms with E-state index in [1.807, 2.05) is 20.8 Å². The Hall–Kier alpha value is -1.98. The van der Waals surface area contributed by atoms with Crippen molar-refractivity contribution in [2.24, 2.45) is 0 Å². The number of hydrogen-bond donors (Lipinski definition) is 1. The van der Waals surface area contributed by atoms with Crippen molar-refractivity contribution in [3.8, 4) is 11.6 Å². The third kappa shape index (κ3) is 4.24. The van der Waals surface area contributed by atoms with Gasteiger partial charge in [-0.1, -0.05) is 0 Å². The molecule has 21 heavy (non-hydrogen) atoms. The highest BCUT2D eigenvalue weighted by Gasteiger charge is 2.32. The maximum Gasteiger partial charge on any atom is 0.410 e. The lowest BCUT2D eigenvalue weighted by atomic mass is 10.2. The zero-order valence-corrected chi connectivity index (χ0v) is 12.7. The summed E-state index contributed by atoms with van der Waals surface area (Å²) >= 11 is 0. The molecule has 1 aliphatic heterocycles. The number of carbonyl (C=O) groups excluding carboxylic acids is 1. The molecule has 2 rings (SSSR count). The van der Waals surface area contributed by atoms with Crippen LogP contribution in [0.2, 0.25) is 0 Å². The Balaban J connectivity index is 1.93. The van der Waals surface area contributed by atoms with Crippen LogP contribution in [-0.4, -0.2) is 45.9 Å². The molecule has 1 saturated heterocycles. The quantitative estimate of drug-likeness (QED) is 0.927. The Morgan fingerprint density at radius 1 is 1.52 bits per heavy atom. The molecule has 0 saturated carbocycles. The number of carbonyl (C=O) groups is 1. The van der Waals surface area contributed by atoms with Gasteiger partial charge in [-0.05, 0) is 45.7 Å². The normalized spacial score (nSPS) is 18.6. The first-order valence-electron chi connectivity index (χ1n) is 7.13. The molecule has 1 amide bonds. The van der Waals surface area contributed by atoms with E-state index in [1.54, 1.807) is 17.2 Å². The zero-order valence-electron chi connectivity index (χ0n) is 12.7. The molecule has 1 fully saturated rings. The second-order valence-corrected chi connectivity index (χ2v) is 6.11. The first-order chi connectivity index (χ1) is 9.87. The van der Waals surface area contributed by atoms with Gasteiger partial charge in [0.15, 0.2) is 5.75 Å². The lowest BCUT2D eigenvalue weighted by Crippen LogP contribution is -2.42. The van der Waals surface area contributed by atoms with Crippen LogP contribution in [-0.2, 0) is 4.74 Å². The third-order valence-corrected chi connectivity index (χ3v) is 3.17. The van der Waals surface area contributed by atoms with Crippen LogP contribution in [0, 0.1) is 0 Å². The number of likely N-dealkylation sites (tertiary alicyclic amines) is 1. The first-order valence-corrected chi connectivity index (χ1v) is 7.13. The monoisotopic (exact) mass is 294 g/mol. The van der Waals surface area contributed by atoms with Crippen molar-refractivity contribution in [3.63, 3.8) is 0 Å². The van der Waals surface area contributed by atoms with Crippen molar-refractivity contribution >= 4 is 6.09 Å². The van der Waals surface area contributed by atoms with Crippen LogP contribution in [0.5, 0.6) is 11.6 Å². The van der Waals surface area contributed by atoms with Crippen LogP contribution in [0.25, 0.3) is 0 Å². The topological polar surface area (TPSA) is 71.9 Å². The summed E-state index contributed by atoms with van der Waals surface area (Å²) in [4.78, 5) is 17.8. The predicted octanol–water partition coefficient (Wildman–Crippen LogP) is 2.57. The van der Waals surface area contributed by atoms with E-state index >= 15 is 0 Å². The summed E-state index contributed by atoms with van der Waals surface area (Å²) in [7, 11) is 0. The number of amides is 1. The second kappa shape index (κ2) is 6.20. The van der Waals surface area contributed by atoms with Gasteiger partial charge in [0.1, 0.15) is 12.2 Å². The summed E-state index contributed by atoms with van der Waals surface area (Å²) in [6.45, 7) is 6.50. The molecule has 0 aromatic carbocycles. The average molecular weight is 294 g/mol. The van der Waals surface area contributed by atoms with Gasteiger partial charge in [-0.2, -0.15) is 0 Å². The summed E-state index contributed by atoms with van der Waals surface area (Å²) in [6.07, 6.45) is 3.00. The van der Waals surface area contributed by atoms with Crippen molar-refractivity contribution in [1.29, 1.82) is 0 Å². The molecule has 1 aromatic heterocycles.